The Balaban J connectivity index is 1.94. The summed E-state index contributed by atoms with van der Waals surface area (Å²) >= 11 is 0. The molecule has 2 aliphatic heterocycles. The van der Waals surface area contributed by atoms with E-state index in [0.717, 1.165) is 13.7 Å². The van der Waals surface area contributed by atoms with Crippen LogP contribution in [0.5, 0.6) is 0 Å². The van der Waals surface area contributed by atoms with Gasteiger partial charge in [-0.15, -0.1) is 0 Å². The molecule has 0 spiro atoms. The highest BCUT2D eigenvalue weighted by Crippen LogP contribution is 2.10. The summed E-state index contributed by atoms with van der Waals surface area (Å²) in [7, 11) is 0. The molecular weight excluding hydrogens is 362 g/mol. The van der Waals surface area contributed by atoms with E-state index in [9.17, 15) is 24.3 Å². The van der Waals surface area contributed by atoms with Crippen LogP contribution in [0.3, 0.4) is 0 Å². The molecule has 2 saturated heterocycles. The zero-order chi connectivity index (χ0) is 19.6. The largest absolute Gasteiger partial charge is 0.458 e. The molecule has 1 N–H and O–H groups in total. The molecule has 3 atom stereocenters. The third-order valence-electron chi connectivity index (χ3n) is 4.30. The van der Waals surface area contributed by atoms with Gasteiger partial charge in [-0.25, -0.2) is 28.1 Å². The zero-order valence-corrected chi connectivity index (χ0v) is 15.0. The summed E-state index contributed by atoms with van der Waals surface area (Å²) in [6.07, 6.45) is -0.834. The van der Waals surface area contributed by atoms with Gasteiger partial charge in [-0.2, -0.15) is 0 Å². The molecule has 0 bridgehead atoms. The maximum atomic E-state index is 12.7. The van der Waals surface area contributed by atoms with Gasteiger partial charge in [-0.05, 0) is 6.42 Å². The Morgan fingerprint density at radius 2 is 1.56 bits per heavy atom. The SMILES string of the molecule is CCCC(=O)OC(CO)Cn1c(=O)n(CC2CO2)c(=O)n(CC2CO2)c1=O. The summed E-state index contributed by atoms with van der Waals surface area (Å²) in [5.41, 5.74) is -2.37. The van der Waals surface area contributed by atoms with Crippen LogP contribution in [0.15, 0.2) is 14.4 Å². The highest BCUT2D eigenvalue weighted by molar-refractivity contribution is 5.69. The number of carbonyl (C=O) groups excluding carboxylic acids is 1. The molecule has 150 valence electrons. The number of esters is 1. The minimum absolute atomic E-state index is 0.0306. The van der Waals surface area contributed by atoms with Crippen molar-refractivity contribution in [2.45, 2.75) is 57.7 Å². The van der Waals surface area contributed by atoms with Crippen molar-refractivity contribution in [3.63, 3.8) is 0 Å². The smallest absolute Gasteiger partial charge is 0.336 e. The van der Waals surface area contributed by atoms with Crippen LogP contribution in [0.4, 0.5) is 0 Å². The Bertz CT molecular complexity index is 810. The Kier molecular flexibility index (Phi) is 5.92. The lowest BCUT2D eigenvalue weighted by molar-refractivity contribution is -0.152. The average Bonchev–Trinajstić information content (AvgIpc) is 3.53. The molecule has 11 heteroatoms. The number of aliphatic hydroxyl groups excluding tert-OH is 1. The molecule has 0 aliphatic carbocycles. The predicted molar refractivity (Wildman–Crippen MR) is 90.6 cm³/mol. The van der Waals surface area contributed by atoms with Crippen LogP contribution in [-0.4, -0.2) is 62.9 Å². The van der Waals surface area contributed by atoms with Crippen LogP contribution < -0.4 is 17.1 Å². The number of hydrogen-bond donors (Lipinski definition) is 1. The fraction of sp³-hybridized carbons (Fsp3) is 0.750. The van der Waals surface area contributed by atoms with E-state index in [1.54, 1.807) is 6.92 Å². The van der Waals surface area contributed by atoms with Crippen molar-refractivity contribution in [3.8, 4) is 0 Å². The second kappa shape index (κ2) is 8.19. The normalized spacial score (nSPS) is 21.7. The number of epoxide rings is 2. The molecule has 1 aromatic heterocycles. The first-order valence-electron chi connectivity index (χ1n) is 8.92. The van der Waals surface area contributed by atoms with Gasteiger partial charge in [0.2, 0.25) is 0 Å². The van der Waals surface area contributed by atoms with Crippen molar-refractivity contribution >= 4 is 5.97 Å². The lowest BCUT2D eigenvalue weighted by Gasteiger charge is -2.18. The predicted octanol–water partition coefficient (Wildman–Crippen LogP) is -2.33. The summed E-state index contributed by atoms with van der Waals surface area (Å²) in [6.45, 7) is 1.83. The third kappa shape index (κ3) is 4.73. The number of aliphatic hydroxyl groups is 1. The van der Waals surface area contributed by atoms with Crippen LogP contribution in [0, 0.1) is 0 Å². The van der Waals surface area contributed by atoms with E-state index >= 15 is 0 Å². The second-order valence-electron chi connectivity index (χ2n) is 6.63. The quantitative estimate of drug-likeness (QED) is 0.350. The topological polar surface area (TPSA) is 138 Å². The molecule has 0 amide bonds. The van der Waals surface area contributed by atoms with E-state index in [-0.39, 0.29) is 38.3 Å². The minimum Gasteiger partial charge on any atom is -0.458 e. The fourth-order valence-electron chi connectivity index (χ4n) is 2.69. The Morgan fingerprint density at radius 1 is 1.07 bits per heavy atom. The van der Waals surface area contributed by atoms with Gasteiger partial charge in [0.05, 0.1) is 51.7 Å². The van der Waals surface area contributed by atoms with Gasteiger partial charge >= 0.3 is 23.0 Å². The highest BCUT2D eigenvalue weighted by Gasteiger charge is 2.30. The number of rotatable bonds is 10. The maximum absolute atomic E-state index is 12.7. The van der Waals surface area contributed by atoms with E-state index < -0.39 is 35.7 Å². The molecule has 2 aliphatic rings. The third-order valence-corrected chi connectivity index (χ3v) is 4.30. The average molecular weight is 385 g/mol. The summed E-state index contributed by atoms with van der Waals surface area (Å²) in [5, 5.41) is 9.48. The summed E-state index contributed by atoms with van der Waals surface area (Å²) in [5.74, 6) is -0.531. The van der Waals surface area contributed by atoms with Gasteiger partial charge < -0.3 is 19.3 Å². The molecule has 3 rings (SSSR count). The lowest BCUT2D eigenvalue weighted by Crippen LogP contribution is -2.56. The molecule has 0 saturated carbocycles. The van der Waals surface area contributed by atoms with Crippen molar-refractivity contribution in [2.24, 2.45) is 0 Å². The van der Waals surface area contributed by atoms with Crippen LogP contribution in [0.2, 0.25) is 0 Å². The summed E-state index contributed by atoms with van der Waals surface area (Å²) in [4.78, 5) is 49.6. The van der Waals surface area contributed by atoms with Crippen molar-refractivity contribution in [1.82, 2.24) is 13.7 Å². The summed E-state index contributed by atoms with van der Waals surface area (Å²) < 4.78 is 18.0. The van der Waals surface area contributed by atoms with Crippen molar-refractivity contribution in [1.29, 1.82) is 0 Å². The Labute approximate surface area is 153 Å². The van der Waals surface area contributed by atoms with Crippen LogP contribution in [-0.2, 0) is 38.6 Å². The van der Waals surface area contributed by atoms with Gasteiger partial charge in [0.1, 0.15) is 6.10 Å². The molecule has 1 aromatic rings. The number of ether oxygens (including phenoxy) is 3. The molecule has 0 aromatic carbocycles. The first kappa shape index (κ1) is 19.5. The fourth-order valence-corrected chi connectivity index (χ4v) is 2.69. The van der Waals surface area contributed by atoms with Crippen molar-refractivity contribution in [2.75, 3.05) is 19.8 Å². The maximum Gasteiger partial charge on any atom is 0.336 e. The van der Waals surface area contributed by atoms with Crippen LogP contribution in [0.25, 0.3) is 0 Å². The zero-order valence-electron chi connectivity index (χ0n) is 15.0. The van der Waals surface area contributed by atoms with E-state index in [2.05, 4.69) is 0 Å². The van der Waals surface area contributed by atoms with Gasteiger partial charge in [0.15, 0.2) is 0 Å². The van der Waals surface area contributed by atoms with E-state index in [0.29, 0.717) is 19.6 Å². The number of carbonyl (C=O) groups is 1. The van der Waals surface area contributed by atoms with Crippen LogP contribution >= 0.6 is 0 Å². The van der Waals surface area contributed by atoms with E-state index in [1.165, 1.54) is 0 Å². The number of aromatic nitrogens is 3. The number of hydrogen-bond acceptors (Lipinski definition) is 8. The minimum atomic E-state index is -1.07. The standard InChI is InChI=1S/C16H23N3O8/c1-2-3-13(21)27-10(7-20)4-17-14(22)18(5-11-8-25-11)16(24)19(15(17)23)6-12-9-26-12/h10-12,20H,2-9H2,1H3. The van der Waals surface area contributed by atoms with E-state index in [1.807, 2.05) is 0 Å². The Hall–Kier alpha value is -2.24. The number of nitrogens with zero attached hydrogens (tertiary/aromatic N) is 3. The van der Waals surface area contributed by atoms with Gasteiger partial charge in [0, 0.05) is 6.42 Å². The highest BCUT2D eigenvalue weighted by atomic mass is 16.6. The first-order chi connectivity index (χ1) is 12.9. The molecule has 2 fully saturated rings. The van der Waals surface area contributed by atoms with Gasteiger partial charge in [0.25, 0.3) is 0 Å². The first-order valence-corrected chi connectivity index (χ1v) is 8.92. The van der Waals surface area contributed by atoms with Crippen molar-refractivity contribution < 1.29 is 24.1 Å². The molecule has 3 unspecified atom stereocenters. The molecule has 11 nitrogen and oxygen atoms in total. The monoisotopic (exact) mass is 385 g/mol. The molecule has 27 heavy (non-hydrogen) atoms. The molecular formula is C16H23N3O8. The Morgan fingerprint density at radius 3 is 1.96 bits per heavy atom. The molecule has 3 heterocycles. The van der Waals surface area contributed by atoms with E-state index in [4.69, 9.17) is 14.2 Å². The summed E-state index contributed by atoms with van der Waals surface area (Å²) in [6, 6.07) is 0. The second-order valence-corrected chi connectivity index (χ2v) is 6.63. The van der Waals surface area contributed by atoms with Crippen LogP contribution in [0.1, 0.15) is 19.8 Å². The van der Waals surface area contributed by atoms with Gasteiger partial charge in [-0.1, -0.05) is 6.92 Å². The van der Waals surface area contributed by atoms with Crippen molar-refractivity contribution in [3.05, 3.63) is 31.5 Å². The lowest BCUT2D eigenvalue weighted by atomic mass is 10.3. The molecule has 0 radical (unpaired) electrons. The van der Waals surface area contributed by atoms with Gasteiger partial charge in [-0.3, -0.25) is 4.79 Å².